The second-order valence-corrected chi connectivity index (χ2v) is 3.90. The third-order valence-electron chi connectivity index (χ3n) is 2.91. The van der Waals surface area contributed by atoms with Gasteiger partial charge in [0, 0.05) is 19.0 Å². The Bertz CT molecular complexity index is 287. The number of pyridine rings is 1. The Morgan fingerprint density at radius 3 is 3.00 bits per heavy atom. The first kappa shape index (κ1) is 10.6. The predicted molar refractivity (Wildman–Crippen MR) is 59.6 cm³/mol. The van der Waals surface area contributed by atoms with Crippen molar-refractivity contribution in [3.05, 3.63) is 30.1 Å². The SMILES string of the molecule is CCO[C@H]1C[C@H](c2ccncc2)CCN1. The Morgan fingerprint density at radius 1 is 1.47 bits per heavy atom. The number of aromatic nitrogens is 1. The number of nitrogens with zero attached hydrogens (tertiary/aromatic N) is 1. The third-order valence-corrected chi connectivity index (χ3v) is 2.91. The molecule has 0 saturated carbocycles. The van der Waals surface area contributed by atoms with Crippen molar-refractivity contribution in [3.8, 4) is 0 Å². The number of hydrogen-bond donors (Lipinski definition) is 1. The van der Waals surface area contributed by atoms with E-state index >= 15 is 0 Å². The maximum absolute atomic E-state index is 5.61. The maximum atomic E-state index is 5.61. The number of ether oxygens (including phenoxy) is 1. The number of piperidine rings is 1. The van der Waals surface area contributed by atoms with Crippen LogP contribution in [0, 0.1) is 0 Å². The van der Waals surface area contributed by atoms with Crippen molar-refractivity contribution in [3.63, 3.8) is 0 Å². The zero-order chi connectivity index (χ0) is 10.5. The van der Waals surface area contributed by atoms with Gasteiger partial charge in [-0.05, 0) is 49.9 Å². The summed E-state index contributed by atoms with van der Waals surface area (Å²) in [6.45, 7) is 3.86. The molecule has 0 aliphatic carbocycles. The highest BCUT2D eigenvalue weighted by Gasteiger charge is 2.22. The van der Waals surface area contributed by atoms with Gasteiger partial charge in [0.15, 0.2) is 0 Å². The molecule has 1 aliphatic heterocycles. The van der Waals surface area contributed by atoms with E-state index in [-0.39, 0.29) is 6.23 Å². The minimum Gasteiger partial charge on any atom is -0.364 e. The average molecular weight is 206 g/mol. The van der Waals surface area contributed by atoms with Gasteiger partial charge in [-0.15, -0.1) is 0 Å². The van der Waals surface area contributed by atoms with Crippen LogP contribution in [0.2, 0.25) is 0 Å². The molecule has 0 radical (unpaired) electrons. The van der Waals surface area contributed by atoms with Crippen LogP contribution >= 0.6 is 0 Å². The monoisotopic (exact) mass is 206 g/mol. The minimum atomic E-state index is 0.224. The first-order valence-corrected chi connectivity index (χ1v) is 5.65. The second kappa shape index (κ2) is 5.24. The summed E-state index contributed by atoms with van der Waals surface area (Å²) < 4.78 is 5.61. The molecule has 2 heterocycles. The summed E-state index contributed by atoms with van der Waals surface area (Å²) in [5.74, 6) is 0.616. The van der Waals surface area contributed by atoms with E-state index in [1.165, 1.54) is 12.0 Å². The summed E-state index contributed by atoms with van der Waals surface area (Å²) in [6.07, 6.45) is 6.22. The van der Waals surface area contributed by atoms with Crippen molar-refractivity contribution in [1.82, 2.24) is 10.3 Å². The molecular weight excluding hydrogens is 188 g/mol. The van der Waals surface area contributed by atoms with Crippen molar-refractivity contribution < 1.29 is 4.74 Å². The van der Waals surface area contributed by atoms with E-state index in [1.807, 2.05) is 19.3 Å². The van der Waals surface area contributed by atoms with E-state index < -0.39 is 0 Å². The molecule has 1 aliphatic rings. The molecule has 0 spiro atoms. The van der Waals surface area contributed by atoms with Gasteiger partial charge in [-0.3, -0.25) is 10.3 Å². The highest BCUT2D eigenvalue weighted by Crippen LogP contribution is 2.27. The Morgan fingerprint density at radius 2 is 2.27 bits per heavy atom. The van der Waals surface area contributed by atoms with E-state index in [9.17, 15) is 0 Å². The summed E-state index contributed by atoms with van der Waals surface area (Å²) >= 11 is 0. The van der Waals surface area contributed by atoms with Gasteiger partial charge >= 0.3 is 0 Å². The Kier molecular flexibility index (Phi) is 3.69. The van der Waals surface area contributed by atoms with Crippen molar-refractivity contribution in [2.45, 2.75) is 31.9 Å². The fourth-order valence-corrected chi connectivity index (χ4v) is 2.14. The summed E-state index contributed by atoms with van der Waals surface area (Å²) in [7, 11) is 0. The Balaban J connectivity index is 1.98. The van der Waals surface area contributed by atoms with Gasteiger partial charge in [0.05, 0.1) is 0 Å². The topological polar surface area (TPSA) is 34.1 Å². The van der Waals surface area contributed by atoms with Crippen LogP contribution in [0.4, 0.5) is 0 Å². The van der Waals surface area contributed by atoms with Gasteiger partial charge in [0.2, 0.25) is 0 Å². The van der Waals surface area contributed by atoms with Crippen LogP contribution in [-0.4, -0.2) is 24.4 Å². The van der Waals surface area contributed by atoms with Crippen LogP contribution in [0.1, 0.15) is 31.2 Å². The van der Waals surface area contributed by atoms with Crippen LogP contribution in [0.5, 0.6) is 0 Å². The molecule has 3 nitrogen and oxygen atoms in total. The standard InChI is InChI=1S/C12H18N2O/c1-2-15-12-9-11(5-8-14-12)10-3-6-13-7-4-10/h3-4,6-7,11-12,14H,2,5,8-9H2,1H3/t11-,12+/m1/s1. The molecule has 0 amide bonds. The van der Waals surface area contributed by atoms with Crippen molar-refractivity contribution in [1.29, 1.82) is 0 Å². The Labute approximate surface area is 90.9 Å². The van der Waals surface area contributed by atoms with Crippen molar-refractivity contribution >= 4 is 0 Å². The first-order chi connectivity index (χ1) is 7.40. The lowest BCUT2D eigenvalue weighted by Crippen LogP contribution is -2.39. The number of rotatable bonds is 3. The van der Waals surface area contributed by atoms with Gasteiger partial charge in [-0.1, -0.05) is 0 Å². The molecule has 0 unspecified atom stereocenters. The normalized spacial score (nSPS) is 26.5. The molecule has 82 valence electrons. The van der Waals surface area contributed by atoms with Gasteiger partial charge in [0.1, 0.15) is 6.23 Å². The molecule has 2 atom stereocenters. The zero-order valence-corrected chi connectivity index (χ0v) is 9.15. The van der Waals surface area contributed by atoms with Crippen LogP contribution in [0.15, 0.2) is 24.5 Å². The van der Waals surface area contributed by atoms with E-state index in [2.05, 4.69) is 22.4 Å². The fraction of sp³-hybridized carbons (Fsp3) is 0.583. The molecule has 1 aromatic rings. The number of nitrogens with one attached hydrogen (secondary N) is 1. The molecule has 1 fully saturated rings. The molecule has 1 N–H and O–H groups in total. The zero-order valence-electron chi connectivity index (χ0n) is 9.15. The molecule has 0 aromatic carbocycles. The fourth-order valence-electron chi connectivity index (χ4n) is 2.14. The molecule has 1 saturated heterocycles. The van der Waals surface area contributed by atoms with E-state index in [4.69, 9.17) is 4.74 Å². The van der Waals surface area contributed by atoms with Gasteiger partial charge < -0.3 is 4.74 Å². The largest absolute Gasteiger partial charge is 0.364 e. The molecule has 0 bridgehead atoms. The summed E-state index contributed by atoms with van der Waals surface area (Å²) in [6, 6.07) is 4.22. The molecule has 15 heavy (non-hydrogen) atoms. The lowest BCUT2D eigenvalue weighted by atomic mass is 9.90. The molecular formula is C12H18N2O. The van der Waals surface area contributed by atoms with Crippen molar-refractivity contribution in [2.24, 2.45) is 0 Å². The Hall–Kier alpha value is -0.930. The van der Waals surface area contributed by atoms with Gasteiger partial charge in [-0.25, -0.2) is 0 Å². The van der Waals surface area contributed by atoms with E-state index in [0.717, 1.165) is 19.6 Å². The smallest absolute Gasteiger partial charge is 0.108 e. The maximum Gasteiger partial charge on any atom is 0.108 e. The van der Waals surface area contributed by atoms with Gasteiger partial charge in [0.25, 0.3) is 0 Å². The highest BCUT2D eigenvalue weighted by molar-refractivity contribution is 5.16. The lowest BCUT2D eigenvalue weighted by Gasteiger charge is -2.30. The number of hydrogen-bond acceptors (Lipinski definition) is 3. The average Bonchev–Trinajstić information content (AvgIpc) is 2.31. The summed E-state index contributed by atoms with van der Waals surface area (Å²) in [5.41, 5.74) is 1.39. The summed E-state index contributed by atoms with van der Waals surface area (Å²) in [5, 5.41) is 3.38. The molecule has 3 heteroatoms. The van der Waals surface area contributed by atoms with Crippen LogP contribution in [-0.2, 0) is 4.74 Å². The quantitative estimate of drug-likeness (QED) is 0.820. The third kappa shape index (κ3) is 2.76. The van der Waals surface area contributed by atoms with Crippen LogP contribution in [0.3, 0.4) is 0 Å². The highest BCUT2D eigenvalue weighted by atomic mass is 16.5. The molecule has 2 rings (SSSR count). The van der Waals surface area contributed by atoms with E-state index in [1.54, 1.807) is 0 Å². The van der Waals surface area contributed by atoms with Crippen LogP contribution in [0.25, 0.3) is 0 Å². The predicted octanol–water partition coefficient (Wildman–Crippen LogP) is 1.91. The second-order valence-electron chi connectivity index (χ2n) is 3.90. The molecule has 1 aromatic heterocycles. The van der Waals surface area contributed by atoms with Crippen molar-refractivity contribution in [2.75, 3.05) is 13.2 Å². The summed E-state index contributed by atoms with van der Waals surface area (Å²) in [4.78, 5) is 4.05. The van der Waals surface area contributed by atoms with Gasteiger partial charge in [-0.2, -0.15) is 0 Å². The lowest BCUT2D eigenvalue weighted by molar-refractivity contribution is 0.0144. The van der Waals surface area contributed by atoms with Crippen LogP contribution < -0.4 is 5.32 Å². The first-order valence-electron chi connectivity index (χ1n) is 5.65. The van der Waals surface area contributed by atoms with E-state index in [0.29, 0.717) is 5.92 Å². The minimum absolute atomic E-state index is 0.224.